The molecule has 0 aliphatic carbocycles. The lowest BCUT2D eigenvalue weighted by Gasteiger charge is -2.16. The number of halogens is 1. The van der Waals surface area contributed by atoms with E-state index in [1.807, 2.05) is 30.5 Å². The summed E-state index contributed by atoms with van der Waals surface area (Å²) in [5.74, 6) is 0.606. The summed E-state index contributed by atoms with van der Waals surface area (Å²) in [6.07, 6.45) is 0.674. The summed E-state index contributed by atoms with van der Waals surface area (Å²) < 4.78 is 7.59. The van der Waals surface area contributed by atoms with Gasteiger partial charge in [-0.15, -0.1) is 11.3 Å². The lowest BCUT2D eigenvalue weighted by atomic mass is 10.2. The van der Waals surface area contributed by atoms with Crippen LogP contribution in [0.5, 0.6) is 0 Å². The quantitative estimate of drug-likeness (QED) is 0.853. The van der Waals surface area contributed by atoms with Gasteiger partial charge < -0.3 is 15.0 Å². The van der Waals surface area contributed by atoms with Crippen LogP contribution in [0, 0.1) is 0 Å². The van der Waals surface area contributed by atoms with E-state index in [9.17, 15) is 4.79 Å². The van der Waals surface area contributed by atoms with Crippen molar-refractivity contribution in [3.05, 3.63) is 32.9 Å². The fourth-order valence-corrected chi connectivity index (χ4v) is 3.31. The highest BCUT2D eigenvalue weighted by molar-refractivity contribution is 7.16. The molecule has 0 saturated heterocycles. The topological polar surface area (TPSA) is 70.1 Å². The van der Waals surface area contributed by atoms with Gasteiger partial charge in [-0.3, -0.25) is 0 Å². The second kappa shape index (κ2) is 6.49. The van der Waals surface area contributed by atoms with Crippen molar-refractivity contribution in [3.8, 4) is 0 Å². The highest BCUT2D eigenvalue weighted by Crippen LogP contribution is 2.32. The highest BCUT2D eigenvalue weighted by Gasteiger charge is 2.24. The third-order valence-corrected chi connectivity index (χ3v) is 4.60. The monoisotopic (exact) mass is 327 g/mol. The number of imidazole rings is 1. The maximum Gasteiger partial charge on any atom is 0.360 e. The molecule has 0 fully saturated rings. The number of esters is 1. The van der Waals surface area contributed by atoms with E-state index in [0.29, 0.717) is 18.8 Å². The predicted molar refractivity (Wildman–Crippen MR) is 85.1 cm³/mol. The maximum absolute atomic E-state index is 11.9. The Morgan fingerprint density at radius 1 is 1.52 bits per heavy atom. The van der Waals surface area contributed by atoms with Gasteiger partial charge in [-0.1, -0.05) is 18.5 Å². The first kappa shape index (κ1) is 15.9. The van der Waals surface area contributed by atoms with Gasteiger partial charge in [0, 0.05) is 11.3 Å². The van der Waals surface area contributed by atoms with E-state index in [4.69, 9.17) is 22.1 Å². The van der Waals surface area contributed by atoms with Crippen LogP contribution < -0.4 is 5.73 Å². The van der Waals surface area contributed by atoms with Gasteiger partial charge in [-0.25, -0.2) is 9.78 Å². The van der Waals surface area contributed by atoms with Crippen LogP contribution in [-0.2, 0) is 11.2 Å². The molecule has 0 radical (unpaired) electrons. The Morgan fingerprint density at radius 2 is 2.24 bits per heavy atom. The zero-order valence-corrected chi connectivity index (χ0v) is 13.8. The minimum absolute atomic E-state index is 0.0341. The van der Waals surface area contributed by atoms with Crippen molar-refractivity contribution in [1.29, 1.82) is 0 Å². The molecule has 5 nitrogen and oxygen atoms in total. The van der Waals surface area contributed by atoms with Crippen LogP contribution in [0.15, 0.2) is 12.1 Å². The Labute approximate surface area is 132 Å². The van der Waals surface area contributed by atoms with Gasteiger partial charge in [0.05, 0.1) is 17.0 Å². The number of aromatic nitrogens is 2. The molecule has 0 aliphatic rings. The Hall–Kier alpha value is -1.53. The average molecular weight is 328 g/mol. The molecule has 0 amide bonds. The van der Waals surface area contributed by atoms with E-state index in [2.05, 4.69) is 4.98 Å². The van der Waals surface area contributed by atoms with E-state index in [0.717, 1.165) is 15.0 Å². The second-order valence-corrected chi connectivity index (χ2v) is 6.27. The zero-order chi connectivity index (χ0) is 15.6. The van der Waals surface area contributed by atoms with Crippen LogP contribution >= 0.6 is 22.9 Å². The molecule has 0 bridgehead atoms. The van der Waals surface area contributed by atoms with E-state index >= 15 is 0 Å². The van der Waals surface area contributed by atoms with Gasteiger partial charge in [0.25, 0.3) is 0 Å². The number of thiophene rings is 1. The molecule has 0 aromatic carbocycles. The molecule has 2 aromatic heterocycles. The Balaban J connectivity index is 2.45. The van der Waals surface area contributed by atoms with E-state index < -0.39 is 5.97 Å². The first-order chi connectivity index (χ1) is 9.99. The number of nitrogens with zero attached hydrogens (tertiary/aromatic N) is 2. The summed E-state index contributed by atoms with van der Waals surface area (Å²) in [7, 11) is 0. The molecule has 2 rings (SSSR count). The van der Waals surface area contributed by atoms with Crippen LogP contribution in [0.4, 0.5) is 5.82 Å². The SMILES string of the molecule is CCOC(=O)c1nc(CC)n(C(C)c2ccc(Cl)s2)c1N. The fourth-order valence-electron chi connectivity index (χ4n) is 2.20. The molecule has 1 atom stereocenters. The molecule has 7 heteroatoms. The van der Waals surface area contributed by atoms with Crippen LogP contribution in [0.1, 0.15) is 48.0 Å². The van der Waals surface area contributed by atoms with Gasteiger partial charge in [-0.2, -0.15) is 0 Å². The summed E-state index contributed by atoms with van der Waals surface area (Å²) in [5, 5.41) is 0. The van der Waals surface area contributed by atoms with Gasteiger partial charge >= 0.3 is 5.97 Å². The summed E-state index contributed by atoms with van der Waals surface area (Å²) in [4.78, 5) is 17.3. The van der Waals surface area contributed by atoms with Crippen molar-refractivity contribution in [2.24, 2.45) is 0 Å². The Kier molecular flexibility index (Phi) is 4.90. The molecule has 21 heavy (non-hydrogen) atoms. The van der Waals surface area contributed by atoms with Gasteiger partial charge in [0.2, 0.25) is 0 Å². The number of hydrogen-bond acceptors (Lipinski definition) is 5. The standard InChI is InChI=1S/C14H18ClN3O2S/c1-4-11-17-12(14(19)20-5-2)13(16)18(11)8(3)9-6-7-10(15)21-9/h6-8H,4-5,16H2,1-3H3. The first-order valence-electron chi connectivity index (χ1n) is 6.78. The first-order valence-corrected chi connectivity index (χ1v) is 7.97. The number of aryl methyl sites for hydroxylation is 1. The molecule has 2 aromatic rings. The zero-order valence-electron chi connectivity index (χ0n) is 12.2. The van der Waals surface area contributed by atoms with Gasteiger partial charge in [0.15, 0.2) is 5.69 Å². The number of ether oxygens (including phenoxy) is 1. The van der Waals surface area contributed by atoms with Crippen molar-refractivity contribution < 1.29 is 9.53 Å². The number of anilines is 1. The van der Waals surface area contributed by atoms with Gasteiger partial charge in [0.1, 0.15) is 11.6 Å². The van der Waals surface area contributed by atoms with E-state index in [-0.39, 0.29) is 11.7 Å². The number of nitrogens with two attached hydrogens (primary N) is 1. The third kappa shape index (κ3) is 3.06. The third-order valence-electron chi connectivity index (χ3n) is 3.20. The Bertz CT molecular complexity index is 651. The normalized spacial score (nSPS) is 12.4. The molecule has 1 unspecified atom stereocenters. The maximum atomic E-state index is 11.9. The average Bonchev–Trinajstić information content (AvgIpc) is 3.02. The summed E-state index contributed by atoms with van der Waals surface area (Å²) in [6.45, 7) is 6.03. The molecular weight excluding hydrogens is 310 g/mol. The number of rotatable bonds is 5. The number of carbonyl (C=O) groups is 1. The van der Waals surface area contributed by atoms with Crippen LogP contribution in [0.2, 0.25) is 4.34 Å². The van der Waals surface area contributed by atoms with Crippen LogP contribution in [-0.4, -0.2) is 22.1 Å². The largest absolute Gasteiger partial charge is 0.461 e. The van der Waals surface area contributed by atoms with Gasteiger partial charge in [-0.05, 0) is 26.0 Å². The molecule has 2 heterocycles. The Morgan fingerprint density at radius 3 is 2.76 bits per heavy atom. The van der Waals surface area contributed by atoms with Crippen molar-refractivity contribution in [2.45, 2.75) is 33.2 Å². The van der Waals surface area contributed by atoms with E-state index in [1.54, 1.807) is 6.92 Å². The van der Waals surface area contributed by atoms with Crippen molar-refractivity contribution in [3.63, 3.8) is 0 Å². The van der Waals surface area contributed by atoms with Crippen LogP contribution in [0.25, 0.3) is 0 Å². The minimum Gasteiger partial charge on any atom is -0.461 e. The number of hydrogen-bond donors (Lipinski definition) is 1. The number of nitrogen functional groups attached to an aromatic ring is 1. The molecule has 0 aliphatic heterocycles. The van der Waals surface area contributed by atoms with Crippen molar-refractivity contribution in [1.82, 2.24) is 9.55 Å². The molecular formula is C14H18ClN3O2S. The summed E-state index contributed by atoms with van der Waals surface area (Å²) in [5.41, 5.74) is 6.31. The second-order valence-electron chi connectivity index (χ2n) is 4.52. The number of carbonyl (C=O) groups excluding carboxylic acids is 1. The smallest absolute Gasteiger partial charge is 0.360 e. The van der Waals surface area contributed by atoms with E-state index in [1.165, 1.54) is 11.3 Å². The molecule has 0 spiro atoms. The fraction of sp³-hybridized carbons (Fsp3) is 0.429. The molecule has 0 saturated carbocycles. The molecule has 2 N–H and O–H groups in total. The summed E-state index contributed by atoms with van der Waals surface area (Å²) in [6, 6.07) is 3.78. The lowest BCUT2D eigenvalue weighted by Crippen LogP contribution is -2.13. The minimum atomic E-state index is -0.486. The highest BCUT2D eigenvalue weighted by atomic mass is 35.5. The lowest BCUT2D eigenvalue weighted by molar-refractivity contribution is 0.0521. The van der Waals surface area contributed by atoms with Crippen LogP contribution in [0.3, 0.4) is 0 Å². The predicted octanol–water partition coefficient (Wildman–Crippen LogP) is 3.53. The van der Waals surface area contributed by atoms with Crippen molar-refractivity contribution >= 4 is 34.7 Å². The van der Waals surface area contributed by atoms with Crippen molar-refractivity contribution in [2.75, 3.05) is 12.3 Å². The molecule has 114 valence electrons. The summed E-state index contributed by atoms with van der Waals surface area (Å²) >= 11 is 7.48.